The molecule has 0 aromatic carbocycles. The van der Waals surface area contributed by atoms with Crippen molar-refractivity contribution in [2.75, 3.05) is 13.1 Å². The third-order valence-corrected chi connectivity index (χ3v) is 1.65. The minimum atomic E-state index is -0.532. The van der Waals surface area contributed by atoms with E-state index in [1.807, 2.05) is 6.07 Å². The highest BCUT2D eigenvalue weighted by Gasteiger charge is 2.23. The van der Waals surface area contributed by atoms with Crippen molar-refractivity contribution in [3.63, 3.8) is 0 Å². The zero-order valence-electron chi connectivity index (χ0n) is 7.55. The number of nitrogens with one attached hydrogen (secondary N) is 1. The predicted molar refractivity (Wildman–Crippen MR) is 46.1 cm³/mol. The number of primary amides is 1. The van der Waals surface area contributed by atoms with Gasteiger partial charge in [0, 0.05) is 19.5 Å². The summed E-state index contributed by atoms with van der Waals surface area (Å²) in [6, 6.07) is 2.00. The van der Waals surface area contributed by atoms with Crippen molar-refractivity contribution < 1.29 is 4.79 Å². The molecule has 0 unspecified atom stereocenters. The maximum Gasteiger partial charge on any atom is 0.224 e. The summed E-state index contributed by atoms with van der Waals surface area (Å²) in [7, 11) is 0. The van der Waals surface area contributed by atoms with Crippen LogP contribution in [0.4, 0.5) is 0 Å². The van der Waals surface area contributed by atoms with E-state index in [0.29, 0.717) is 19.5 Å². The molecule has 0 bridgehead atoms. The highest BCUT2D eigenvalue weighted by molar-refractivity contribution is 5.80. The first-order chi connectivity index (χ1) is 5.50. The number of amides is 1. The van der Waals surface area contributed by atoms with Gasteiger partial charge in [-0.1, -0.05) is 0 Å². The van der Waals surface area contributed by atoms with E-state index < -0.39 is 5.41 Å². The molecule has 0 rings (SSSR count). The quantitative estimate of drug-likeness (QED) is 0.568. The Bertz CT molecular complexity index is 193. The second-order valence-electron chi connectivity index (χ2n) is 3.33. The number of nitrogens with two attached hydrogens (primary N) is 1. The Morgan fingerprint density at radius 1 is 1.67 bits per heavy atom. The molecular weight excluding hydrogens is 154 g/mol. The first kappa shape index (κ1) is 10.9. The maximum absolute atomic E-state index is 10.8. The Kier molecular flexibility index (Phi) is 4.30. The number of hydrogen-bond acceptors (Lipinski definition) is 3. The van der Waals surface area contributed by atoms with Gasteiger partial charge in [0.15, 0.2) is 0 Å². The molecule has 0 saturated carbocycles. The van der Waals surface area contributed by atoms with Crippen LogP contribution in [0.2, 0.25) is 0 Å². The minimum absolute atomic E-state index is 0.327. The summed E-state index contributed by atoms with van der Waals surface area (Å²) in [4.78, 5) is 10.8. The molecule has 68 valence electrons. The number of rotatable bonds is 5. The maximum atomic E-state index is 10.8. The van der Waals surface area contributed by atoms with Crippen molar-refractivity contribution in [1.82, 2.24) is 5.32 Å². The van der Waals surface area contributed by atoms with Gasteiger partial charge in [0.05, 0.1) is 11.5 Å². The average Bonchev–Trinajstić information content (AvgIpc) is 1.98. The van der Waals surface area contributed by atoms with E-state index in [9.17, 15) is 4.79 Å². The summed E-state index contributed by atoms with van der Waals surface area (Å²) in [5.41, 5.74) is 4.61. The van der Waals surface area contributed by atoms with E-state index in [4.69, 9.17) is 11.0 Å². The van der Waals surface area contributed by atoms with Gasteiger partial charge < -0.3 is 11.1 Å². The van der Waals surface area contributed by atoms with Crippen molar-refractivity contribution in [3.05, 3.63) is 0 Å². The second kappa shape index (κ2) is 4.73. The molecule has 4 heteroatoms. The molecule has 0 radical (unpaired) electrons. The van der Waals surface area contributed by atoms with Gasteiger partial charge in [-0.05, 0) is 13.8 Å². The molecule has 0 aliphatic rings. The van der Waals surface area contributed by atoms with Crippen LogP contribution >= 0.6 is 0 Å². The zero-order valence-corrected chi connectivity index (χ0v) is 7.55. The lowest BCUT2D eigenvalue weighted by molar-refractivity contribution is -0.125. The molecule has 0 aliphatic heterocycles. The molecule has 0 aromatic heterocycles. The summed E-state index contributed by atoms with van der Waals surface area (Å²) in [5, 5.41) is 11.2. The third kappa shape index (κ3) is 3.94. The van der Waals surface area contributed by atoms with Gasteiger partial charge >= 0.3 is 0 Å². The molecule has 0 fully saturated rings. The number of hydrogen-bond donors (Lipinski definition) is 2. The number of nitrogens with zero attached hydrogens (tertiary/aromatic N) is 1. The van der Waals surface area contributed by atoms with Gasteiger partial charge in [-0.3, -0.25) is 4.79 Å². The Hall–Kier alpha value is -1.08. The van der Waals surface area contributed by atoms with Gasteiger partial charge in [-0.25, -0.2) is 0 Å². The van der Waals surface area contributed by atoms with Crippen LogP contribution < -0.4 is 11.1 Å². The van der Waals surface area contributed by atoms with Gasteiger partial charge in [0.25, 0.3) is 0 Å². The molecule has 0 saturated heterocycles. The fourth-order valence-electron chi connectivity index (χ4n) is 0.632. The lowest BCUT2D eigenvalue weighted by atomic mass is 9.93. The molecular formula is C8H15N3O. The Labute approximate surface area is 72.7 Å². The molecule has 0 aliphatic carbocycles. The summed E-state index contributed by atoms with van der Waals surface area (Å²) >= 11 is 0. The molecule has 0 atom stereocenters. The molecule has 1 amide bonds. The van der Waals surface area contributed by atoms with Crippen LogP contribution in [0.5, 0.6) is 0 Å². The van der Waals surface area contributed by atoms with Crippen LogP contribution in [0.1, 0.15) is 20.3 Å². The van der Waals surface area contributed by atoms with E-state index in [2.05, 4.69) is 5.32 Å². The smallest absolute Gasteiger partial charge is 0.224 e. The Morgan fingerprint density at radius 3 is 2.67 bits per heavy atom. The van der Waals surface area contributed by atoms with Crippen LogP contribution in [0.15, 0.2) is 0 Å². The monoisotopic (exact) mass is 169 g/mol. The molecule has 0 aromatic rings. The van der Waals surface area contributed by atoms with Crippen molar-refractivity contribution in [2.24, 2.45) is 11.1 Å². The van der Waals surface area contributed by atoms with Crippen LogP contribution in [-0.4, -0.2) is 19.0 Å². The van der Waals surface area contributed by atoms with E-state index >= 15 is 0 Å². The molecule has 3 N–H and O–H groups in total. The average molecular weight is 169 g/mol. The number of nitriles is 1. The van der Waals surface area contributed by atoms with Gasteiger partial charge in [0.1, 0.15) is 0 Å². The predicted octanol–water partition coefficient (Wildman–Crippen LogP) is 0.00118. The first-order valence-electron chi connectivity index (χ1n) is 3.88. The van der Waals surface area contributed by atoms with Gasteiger partial charge in [0.2, 0.25) is 5.91 Å². The van der Waals surface area contributed by atoms with E-state index in [1.165, 1.54) is 0 Å². The number of carbonyl (C=O) groups excluding carboxylic acids is 1. The summed E-state index contributed by atoms with van der Waals surface area (Å²) < 4.78 is 0. The topological polar surface area (TPSA) is 78.9 Å². The summed E-state index contributed by atoms with van der Waals surface area (Å²) in [6.45, 7) is 4.67. The largest absolute Gasteiger partial charge is 0.369 e. The SMILES string of the molecule is CC(C)(CNCCC#N)C(N)=O. The van der Waals surface area contributed by atoms with Crippen molar-refractivity contribution in [1.29, 1.82) is 5.26 Å². The Morgan fingerprint density at radius 2 is 2.25 bits per heavy atom. The summed E-state index contributed by atoms with van der Waals surface area (Å²) in [6.07, 6.45) is 0.453. The molecule has 0 heterocycles. The lowest BCUT2D eigenvalue weighted by Gasteiger charge is -2.20. The van der Waals surface area contributed by atoms with E-state index in [0.717, 1.165) is 0 Å². The first-order valence-corrected chi connectivity index (χ1v) is 3.88. The fourth-order valence-corrected chi connectivity index (χ4v) is 0.632. The van der Waals surface area contributed by atoms with Crippen LogP contribution in [0.25, 0.3) is 0 Å². The van der Waals surface area contributed by atoms with Crippen LogP contribution in [0.3, 0.4) is 0 Å². The van der Waals surface area contributed by atoms with Crippen LogP contribution in [0, 0.1) is 16.7 Å². The molecule has 4 nitrogen and oxygen atoms in total. The molecule has 0 spiro atoms. The highest BCUT2D eigenvalue weighted by Crippen LogP contribution is 2.11. The standard InChI is InChI=1S/C8H15N3O/c1-8(2,7(10)12)6-11-5-3-4-9/h11H,3,5-6H2,1-2H3,(H2,10,12). The minimum Gasteiger partial charge on any atom is -0.369 e. The third-order valence-electron chi connectivity index (χ3n) is 1.65. The normalized spacial score (nSPS) is 10.8. The van der Waals surface area contributed by atoms with Gasteiger partial charge in [-0.15, -0.1) is 0 Å². The Balaban J connectivity index is 3.63. The van der Waals surface area contributed by atoms with Crippen molar-refractivity contribution >= 4 is 5.91 Å². The number of carbonyl (C=O) groups is 1. The summed E-state index contributed by atoms with van der Waals surface area (Å²) in [5.74, 6) is -0.327. The molecule has 12 heavy (non-hydrogen) atoms. The van der Waals surface area contributed by atoms with Crippen LogP contribution in [-0.2, 0) is 4.79 Å². The van der Waals surface area contributed by atoms with E-state index in [-0.39, 0.29) is 5.91 Å². The van der Waals surface area contributed by atoms with Crippen molar-refractivity contribution in [3.8, 4) is 6.07 Å². The fraction of sp³-hybridized carbons (Fsp3) is 0.750. The van der Waals surface area contributed by atoms with E-state index in [1.54, 1.807) is 13.8 Å². The highest BCUT2D eigenvalue weighted by atomic mass is 16.1. The van der Waals surface area contributed by atoms with Gasteiger partial charge in [-0.2, -0.15) is 5.26 Å². The zero-order chi connectivity index (χ0) is 9.61. The second-order valence-corrected chi connectivity index (χ2v) is 3.33. The lowest BCUT2D eigenvalue weighted by Crippen LogP contribution is -2.40. The van der Waals surface area contributed by atoms with Crippen molar-refractivity contribution in [2.45, 2.75) is 20.3 Å².